The molecule has 5 heteroatoms. The number of likely N-dealkylation sites (tertiary alicyclic amines) is 1. The second-order valence-electron chi connectivity index (χ2n) is 5.06. The number of carboxylic acids is 1. The van der Waals surface area contributed by atoms with Crippen molar-refractivity contribution in [3.05, 3.63) is 0 Å². The molecule has 1 heterocycles. The summed E-state index contributed by atoms with van der Waals surface area (Å²) in [6, 6.07) is 0. The zero-order chi connectivity index (χ0) is 12.4. The van der Waals surface area contributed by atoms with Crippen molar-refractivity contribution < 1.29 is 19.8 Å². The van der Waals surface area contributed by atoms with E-state index in [0.717, 1.165) is 12.8 Å². The second-order valence-corrected chi connectivity index (χ2v) is 5.06. The lowest BCUT2D eigenvalue weighted by atomic mass is 9.78. The number of β-amino-alcohol motifs (C(OH)–C–C–N with tert-alkyl or cyclic N) is 1. The van der Waals surface area contributed by atoms with Gasteiger partial charge in [-0.1, -0.05) is 12.8 Å². The molecule has 0 spiro atoms. The molecule has 1 amide bonds. The number of aliphatic hydroxyl groups is 1. The summed E-state index contributed by atoms with van der Waals surface area (Å²) in [6.45, 7) is 0.921. The van der Waals surface area contributed by atoms with Crippen LogP contribution in [0.4, 0.5) is 0 Å². The average Bonchev–Trinajstić information content (AvgIpc) is 2.75. The lowest BCUT2D eigenvalue weighted by Crippen LogP contribution is -2.41. The van der Waals surface area contributed by atoms with Crippen molar-refractivity contribution in [1.29, 1.82) is 0 Å². The number of carbonyl (C=O) groups excluding carboxylic acids is 1. The van der Waals surface area contributed by atoms with Gasteiger partial charge in [-0.2, -0.15) is 0 Å². The molecule has 2 rings (SSSR count). The first-order chi connectivity index (χ1) is 8.09. The van der Waals surface area contributed by atoms with Gasteiger partial charge in [0.25, 0.3) is 0 Å². The van der Waals surface area contributed by atoms with Crippen molar-refractivity contribution in [1.82, 2.24) is 4.90 Å². The van der Waals surface area contributed by atoms with Gasteiger partial charge >= 0.3 is 5.97 Å². The molecule has 1 saturated heterocycles. The summed E-state index contributed by atoms with van der Waals surface area (Å²) in [5.41, 5.74) is 0. The first kappa shape index (κ1) is 12.4. The van der Waals surface area contributed by atoms with Crippen molar-refractivity contribution in [2.45, 2.75) is 38.2 Å². The Morgan fingerprint density at radius 1 is 1.06 bits per heavy atom. The van der Waals surface area contributed by atoms with Crippen LogP contribution in [0.1, 0.15) is 32.1 Å². The highest BCUT2D eigenvalue weighted by atomic mass is 16.4. The Balaban J connectivity index is 2.03. The Bertz CT molecular complexity index is 318. The van der Waals surface area contributed by atoms with Crippen LogP contribution in [0.15, 0.2) is 0 Å². The largest absolute Gasteiger partial charge is 0.481 e. The Kier molecular flexibility index (Phi) is 3.66. The quantitative estimate of drug-likeness (QED) is 0.736. The molecule has 0 aromatic carbocycles. The number of hydrogen-bond donors (Lipinski definition) is 2. The van der Waals surface area contributed by atoms with E-state index in [9.17, 15) is 14.7 Å². The van der Waals surface area contributed by atoms with Gasteiger partial charge in [0.15, 0.2) is 0 Å². The van der Waals surface area contributed by atoms with Gasteiger partial charge in [-0.05, 0) is 19.3 Å². The molecule has 2 aliphatic rings. The summed E-state index contributed by atoms with van der Waals surface area (Å²) in [6.07, 6.45) is 3.26. The molecule has 96 valence electrons. The number of amides is 1. The van der Waals surface area contributed by atoms with E-state index in [0.29, 0.717) is 32.4 Å². The molecular formula is C12H19NO4. The Morgan fingerprint density at radius 3 is 2.24 bits per heavy atom. The van der Waals surface area contributed by atoms with E-state index < -0.39 is 18.0 Å². The van der Waals surface area contributed by atoms with Crippen LogP contribution in [0.2, 0.25) is 0 Å². The molecule has 1 aliphatic heterocycles. The summed E-state index contributed by atoms with van der Waals surface area (Å²) in [5, 5.41) is 18.5. The second kappa shape index (κ2) is 5.04. The van der Waals surface area contributed by atoms with Crippen molar-refractivity contribution in [3.63, 3.8) is 0 Å². The third-order valence-electron chi connectivity index (χ3n) is 3.88. The number of aliphatic hydroxyl groups excluding tert-OH is 1. The lowest BCUT2D eigenvalue weighted by Gasteiger charge is -2.30. The zero-order valence-electron chi connectivity index (χ0n) is 9.84. The summed E-state index contributed by atoms with van der Waals surface area (Å²) in [4.78, 5) is 25.0. The standard InChI is InChI=1S/C12H19NO4/c14-8-5-6-13(7-8)11(15)9-3-1-2-4-10(9)12(16)17/h8-10,14H,1-7H2,(H,16,17). The zero-order valence-corrected chi connectivity index (χ0v) is 9.84. The van der Waals surface area contributed by atoms with Crippen molar-refractivity contribution in [2.75, 3.05) is 13.1 Å². The molecule has 0 aromatic rings. The van der Waals surface area contributed by atoms with Gasteiger partial charge in [-0.3, -0.25) is 9.59 Å². The van der Waals surface area contributed by atoms with E-state index in [1.165, 1.54) is 0 Å². The van der Waals surface area contributed by atoms with E-state index in [2.05, 4.69) is 0 Å². The summed E-state index contributed by atoms with van der Waals surface area (Å²) in [5.74, 6) is -1.85. The molecule has 17 heavy (non-hydrogen) atoms. The number of aliphatic carboxylic acids is 1. The van der Waals surface area contributed by atoms with Gasteiger partial charge in [0.2, 0.25) is 5.91 Å². The highest BCUT2D eigenvalue weighted by molar-refractivity contribution is 5.85. The first-order valence-corrected chi connectivity index (χ1v) is 6.29. The molecule has 3 unspecified atom stereocenters. The maximum absolute atomic E-state index is 12.2. The van der Waals surface area contributed by atoms with Gasteiger partial charge in [-0.15, -0.1) is 0 Å². The minimum absolute atomic E-state index is 0.0753. The molecule has 1 aliphatic carbocycles. The number of carboxylic acid groups (broad SMARTS) is 1. The lowest BCUT2D eigenvalue weighted by molar-refractivity contribution is -0.152. The molecular weight excluding hydrogens is 222 g/mol. The van der Waals surface area contributed by atoms with Crippen LogP contribution < -0.4 is 0 Å². The highest BCUT2D eigenvalue weighted by Crippen LogP contribution is 2.32. The van der Waals surface area contributed by atoms with Crippen molar-refractivity contribution in [2.24, 2.45) is 11.8 Å². The maximum atomic E-state index is 12.2. The fraction of sp³-hybridized carbons (Fsp3) is 0.833. The van der Waals surface area contributed by atoms with E-state index in [1.54, 1.807) is 4.90 Å². The highest BCUT2D eigenvalue weighted by Gasteiger charge is 2.39. The van der Waals surface area contributed by atoms with Gasteiger partial charge in [0.05, 0.1) is 17.9 Å². The smallest absolute Gasteiger partial charge is 0.307 e. The van der Waals surface area contributed by atoms with Crippen molar-refractivity contribution >= 4 is 11.9 Å². The molecule has 0 radical (unpaired) electrons. The predicted molar refractivity (Wildman–Crippen MR) is 60.3 cm³/mol. The van der Waals surface area contributed by atoms with E-state index in [1.807, 2.05) is 0 Å². The first-order valence-electron chi connectivity index (χ1n) is 6.29. The SMILES string of the molecule is O=C(O)C1CCCCC1C(=O)N1CCC(O)C1. The normalized spacial score (nSPS) is 33.7. The summed E-state index contributed by atoms with van der Waals surface area (Å²) >= 11 is 0. The predicted octanol–water partition coefficient (Wildman–Crippen LogP) is 0.471. The van der Waals surface area contributed by atoms with Gasteiger partial charge in [0, 0.05) is 13.1 Å². The van der Waals surface area contributed by atoms with E-state index in [4.69, 9.17) is 5.11 Å². The van der Waals surface area contributed by atoms with Gasteiger partial charge < -0.3 is 15.1 Å². The number of rotatable bonds is 2. The number of hydrogen-bond acceptors (Lipinski definition) is 3. The topological polar surface area (TPSA) is 77.8 Å². The molecule has 5 nitrogen and oxygen atoms in total. The Labute approximate surface area is 100 Å². The van der Waals surface area contributed by atoms with Crippen LogP contribution in [0.25, 0.3) is 0 Å². The number of nitrogens with zero attached hydrogens (tertiary/aromatic N) is 1. The van der Waals surface area contributed by atoms with Crippen LogP contribution in [-0.2, 0) is 9.59 Å². The fourth-order valence-corrected chi connectivity index (χ4v) is 2.90. The molecule has 2 fully saturated rings. The summed E-state index contributed by atoms with van der Waals surface area (Å²) in [7, 11) is 0. The van der Waals surface area contributed by atoms with Crippen LogP contribution >= 0.6 is 0 Å². The van der Waals surface area contributed by atoms with Crippen molar-refractivity contribution in [3.8, 4) is 0 Å². The molecule has 1 saturated carbocycles. The molecule has 2 N–H and O–H groups in total. The van der Waals surface area contributed by atoms with Crippen LogP contribution in [0.5, 0.6) is 0 Å². The van der Waals surface area contributed by atoms with Crippen LogP contribution in [-0.4, -0.2) is 46.2 Å². The Hall–Kier alpha value is -1.10. The van der Waals surface area contributed by atoms with Crippen LogP contribution in [0.3, 0.4) is 0 Å². The molecule has 0 aromatic heterocycles. The summed E-state index contributed by atoms with van der Waals surface area (Å²) < 4.78 is 0. The number of carbonyl (C=O) groups is 2. The minimum Gasteiger partial charge on any atom is -0.481 e. The van der Waals surface area contributed by atoms with Gasteiger partial charge in [-0.25, -0.2) is 0 Å². The third-order valence-corrected chi connectivity index (χ3v) is 3.88. The Morgan fingerprint density at radius 2 is 1.71 bits per heavy atom. The molecule has 0 bridgehead atoms. The molecule has 3 atom stereocenters. The fourth-order valence-electron chi connectivity index (χ4n) is 2.90. The third kappa shape index (κ3) is 2.60. The van der Waals surface area contributed by atoms with E-state index in [-0.39, 0.29) is 11.8 Å². The maximum Gasteiger partial charge on any atom is 0.307 e. The van der Waals surface area contributed by atoms with E-state index >= 15 is 0 Å². The van der Waals surface area contributed by atoms with Gasteiger partial charge in [0.1, 0.15) is 0 Å². The monoisotopic (exact) mass is 241 g/mol. The minimum atomic E-state index is -0.859. The van der Waals surface area contributed by atoms with Crippen LogP contribution in [0, 0.1) is 11.8 Å². The average molecular weight is 241 g/mol.